The number of carbonyl (C=O) groups excluding carboxylic acids is 2. The minimum atomic E-state index is -0.859. The Bertz CT molecular complexity index is 656. The maximum absolute atomic E-state index is 12.4. The van der Waals surface area contributed by atoms with E-state index in [1.165, 1.54) is 0 Å². The first-order chi connectivity index (χ1) is 12.9. The van der Waals surface area contributed by atoms with E-state index in [4.69, 9.17) is 5.73 Å². The number of piperidine rings is 2. The van der Waals surface area contributed by atoms with Crippen LogP contribution < -0.4 is 5.73 Å². The first-order valence-corrected chi connectivity index (χ1v) is 9.80. The predicted molar refractivity (Wildman–Crippen MR) is 102 cm³/mol. The SMILES string of the molecule is C[C@@H](O)[C@H](N)C(=O)N1CCC2(CCC(=O)N(CCc3ccccn3)C2)CC1. The summed E-state index contributed by atoms with van der Waals surface area (Å²) in [7, 11) is 0. The van der Waals surface area contributed by atoms with E-state index in [2.05, 4.69) is 4.98 Å². The first kappa shape index (κ1) is 19.8. The molecule has 0 saturated carbocycles. The molecule has 0 radical (unpaired) electrons. The normalized spacial score (nSPS) is 22.0. The molecule has 0 aromatic carbocycles. The summed E-state index contributed by atoms with van der Waals surface area (Å²) in [6.07, 6.45) is 4.90. The van der Waals surface area contributed by atoms with Crippen molar-refractivity contribution in [2.75, 3.05) is 26.2 Å². The second-order valence-electron chi connectivity index (χ2n) is 7.98. The molecular formula is C20H30N4O3. The Morgan fingerprint density at radius 1 is 1.33 bits per heavy atom. The molecule has 148 valence electrons. The second kappa shape index (κ2) is 8.35. The van der Waals surface area contributed by atoms with Gasteiger partial charge in [0.2, 0.25) is 11.8 Å². The number of aromatic nitrogens is 1. The van der Waals surface area contributed by atoms with Crippen LogP contribution in [0.4, 0.5) is 0 Å². The molecule has 3 heterocycles. The summed E-state index contributed by atoms with van der Waals surface area (Å²) in [5.74, 6) is 0.0323. The lowest BCUT2D eigenvalue weighted by atomic mass is 9.72. The van der Waals surface area contributed by atoms with E-state index in [9.17, 15) is 14.7 Å². The fourth-order valence-electron chi connectivity index (χ4n) is 4.13. The number of likely N-dealkylation sites (tertiary alicyclic amines) is 2. The Morgan fingerprint density at radius 3 is 2.70 bits per heavy atom. The van der Waals surface area contributed by atoms with Crippen LogP contribution in [-0.2, 0) is 16.0 Å². The lowest BCUT2D eigenvalue weighted by molar-refractivity contribution is -0.143. The Kier molecular flexibility index (Phi) is 6.11. The number of amides is 2. The highest BCUT2D eigenvalue weighted by atomic mass is 16.3. The van der Waals surface area contributed by atoms with E-state index >= 15 is 0 Å². The predicted octanol–water partition coefficient (Wildman–Crippen LogP) is 0.563. The van der Waals surface area contributed by atoms with Gasteiger partial charge >= 0.3 is 0 Å². The van der Waals surface area contributed by atoms with Gasteiger partial charge in [0.05, 0.1) is 6.10 Å². The van der Waals surface area contributed by atoms with Crippen molar-refractivity contribution in [1.82, 2.24) is 14.8 Å². The minimum absolute atomic E-state index is 0.0870. The summed E-state index contributed by atoms with van der Waals surface area (Å²) < 4.78 is 0. The van der Waals surface area contributed by atoms with E-state index in [0.717, 1.165) is 37.9 Å². The molecular weight excluding hydrogens is 344 g/mol. The lowest BCUT2D eigenvalue weighted by Gasteiger charge is -2.47. The molecule has 3 rings (SSSR count). The smallest absolute Gasteiger partial charge is 0.242 e. The Morgan fingerprint density at radius 2 is 2.07 bits per heavy atom. The molecule has 0 unspecified atom stereocenters. The number of hydrogen-bond acceptors (Lipinski definition) is 5. The number of pyridine rings is 1. The Labute approximate surface area is 160 Å². The maximum Gasteiger partial charge on any atom is 0.242 e. The van der Waals surface area contributed by atoms with E-state index in [1.807, 2.05) is 23.1 Å². The second-order valence-corrected chi connectivity index (χ2v) is 7.98. The first-order valence-electron chi connectivity index (χ1n) is 9.80. The molecule has 7 nitrogen and oxygen atoms in total. The molecule has 7 heteroatoms. The summed E-state index contributed by atoms with van der Waals surface area (Å²) in [6, 6.07) is 4.98. The fourth-order valence-corrected chi connectivity index (χ4v) is 4.13. The van der Waals surface area contributed by atoms with Crippen molar-refractivity contribution in [3.63, 3.8) is 0 Å². The summed E-state index contributed by atoms with van der Waals surface area (Å²) >= 11 is 0. The van der Waals surface area contributed by atoms with Crippen LogP contribution in [0.5, 0.6) is 0 Å². The van der Waals surface area contributed by atoms with Gasteiger partial charge in [-0.15, -0.1) is 0 Å². The van der Waals surface area contributed by atoms with E-state index in [-0.39, 0.29) is 17.2 Å². The standard InChI is InChI=1S/C20H30N4O3/c1-15(25)18(21)19(27)23-12-8-20(9-13-23)7-5-17(26)24(14-20)11-6-16-4-2-3-10-22-16/h2-4,10,15,18,25H,5-9,11-14,21H2,1H3/t15-,18+/m1/s1. The highest BCUT2D eigenvalue weighted by molar-refractivity contribution is 5.82. The van der Waals surface area contributed by atoms with Gasteiger partial charge < -0.3 is 20.6 Å². The highest BCUT2D eigenvalue weighted by Crippen LogP contribution is 2.40. The van der Waals surface area contributed by atoms with Gasteiger partial charge in [0.25, 0.3) is 0 Å². The Balaban J connectivity index is 1.56. The molecule has 1 aromatic heterocycles. The van der Waals surface area contributed by atoms with Gasteiger partial charge in [-0.2, -0.15) is 0 Å². The van der Waals surface area contributed by atoms with Gasteiger partial charge in [-0.05, 0) is 43.7 Å². The molecule has 2 fully saturated rings. The lowest BCUT2D eigenvalue weighted by Crippen LogP contribution is -2.56. The third-order valence-corrected chi connectivity index (χ3v) is 6.05. The van der Waals surface area contributed by atoms with Crippen molar-refractivity contribution in [2.45, 2.75) is 51.2 Å². The summed E-state index contributed by atoms with van der Waals surface area (Å²) in [5, 5.41) is 9.56. The van der Waals surface area contributed by atoms with Crippen LogP contribution in [0.25, 0.3) is 0 Å². The minimum Gasteiger partial charge on any atom is -0.391 e. The van der Waals surface area contributed by atoms with Gasteiger partial charge in [0.1, 0.15) is 6.04 Å². The van der Waals surface area contributed by atoms with Crippen molar-refractivity contribution in [3.05, 3.63) is 30.1 Å². The third kappa shape index (κ3) is 4.65. The zero-order chi connectivity index (χ0) is 19.4. The van der Waals surface area contributed by atoms with Gasteiger partial charge in [0, 0.05) is 50.9 Å². The van der Waals surface area contributed by atoms with Crippen molar-refractivity contribution in [1.29, 1.82) is 0 Å². The maximum atomic E-state index is 12.4. The van der Waals surface area contributed by atoms with Crippen LogP contribution >= 0.6 is 0 Å². The van der Waals surface area contributed by atoms with Crippen LogP contribution in [0.1, 0.15) is 38.3 Å². The van der Waals surface area contributed by atoms with Crippen LogP contribution in [0, 0.1) is 5.41 Å². The fraction of sp³-hybridized carbons (Fsp3) is 0.650. The van der Waals surface area contributed by atoms with E-state index in [1.54, 1.807) is 18.0 Å². The van der Waals surface area contributed by atoms with E-state index < -0.39 is 12.1 Å². The number of hydrogen-bond donors (Lipinski definition) is 2. The van der Waals surface area contributed by atoms with Gasteiger partial charge in [-0.1, -0.05) is 6.07 Å². The summed E-state index contributed by atoms with van der Waals surface area (Å²) in [5.41, 5.74) is 6.88. The molecule has 2 atom stereocenters. The average molecular weight is 374 g/mol. The van der Waals surface area contributed by atoms with E-state index in [0.29, 0.717) is 26.1 Å². The summed E-state index contributed by atoms with van der Waals surface area (Å²) in [4.78, 5) is 32.8. The van der Waals surface area contributed by atoms with Crippen LogP contribution in [0.15, 0.2) is 24.4 Å². The van der Waals surface area contributed by atoms with Crippen molar-refractivity contribution in [3.8, 4) is 0 Å². The quantitative estimate of drug-likeness (QED) is 0.785. The monoisotopic (exact) mass is 374 g/mol. The van der Waals surface area contributed by atoms with Crippen LogP contribution in [0.3, 0.4) is 0 Å². The van der Waals surface area contributed by atoms with Gasteiger partial charge in [-0.25, -0.2) is 0 Å². The van der Waals surface area contributed by atoms with Crippen molar-refractivity contribution >= 4 is 11.8 Å². The van der Waals surface area contributed by atoms with Crippen LogP contribution in [-0.4, -0.2) is 70.0 Å². The molecule has 0 aliphatic carbocycles. The van der Waals surface area contributed by atoms with Gasteiger partial charge in [-0.3, -0.25) is 14.6 Å². The molecule has 2 saturated heterocycles. The number of nitrogens with zero attached hydrogens (tertiary/aromatic N) is 3. The van der Waals surface area contributed by atoms with Crippen molar-refractivity contribution in [2.24, 2.45) is 11.1 Å². The molecule has 2 amide bonds. The molecule has 2 aliphatic heterocycles. The molecule has 2 aliphatic rings. The van der Waals surface area contributed by atoms with Gasteiger partial charge in [0.15, 0.2) is 0 Å². The zero-order valence-corrected chi connectivity index (χ0v) is 16.0. The third-order valence-electron chi connectivity index (χ3n) is 6.05. The number of aliphatic hydroxyl groups excluding tert-OH is 1. The molecule has 0 bridgehead atoms. The number of rotatable bonds is 5. The highest BCUT2D eigenvalue weighted by Gasteiger charge is 2.42. The molecule has 1 spiro atoms. The molecule has 1 aromatic rings. The zero-order valence-electron chi connectivity index (χ0n) is 16.0. The van der Waals surface area contributed by atoms with Crippen LogP contribution in [0.2, 0.25) is 0 Å². The number of nitrogens with two attached hydrogens (primary N) is 1. The topological polar surface area (TPSA) is 99.8 Å². The molecule has 27 heavy (non-hydrogen) atoms. The Hall–Kier alpha value is -1.99. The number of aliphatic hydroxyl groups is 1. The largest absolute Gasteiger partial charge is 0.391 e. The van der Waals surface area contributed by atoms with Crippen molar-refractivity contribution < 1.29 is 14.7 Å². The molecule has 3 N–H and O–H groups in total. The average Bonchev–Trinajstić information content (AvgIpc) is 2.69. The summed E-state index contributed by atoms with van der Waals surface area (Å²) in [6.45, 7) is 4.26. The number of carbonyl (C=O) groups is 2.